The predicted octanol–water partition coefficient (Wildman–Crippen LogP) is 4.78. The second-order valence-corrected chi connectivity index (χ2v) is 10.6. The molecular formula is C30H34FN3O2. The molecule has 1 amide bonds. The number of amides is 1. The first-order valence-corrected chi connectivity index (χ1v) is 13.3. The van der Waals surface area contributed by atoms with Crippen molar-refractivity contribution in [2.45, 2.75) is 44.2 Å². The average Bonchev–Trinajstić information content (AvgIpc) is 3.53. The van der Waals surface area contributed by atoms with E-state index in [0.29, 0.717) is 12.6 Å². The summed E-state index contributed by atoms with van der Waals surface area (Å²) >= 11 is 0. The zero-order valence-electron chi connectivity index (χ0n) is 20.7. The molecule has 0 aromatic heterocycles. The van der Waals surface area contributed by atoms with Crippen molar-refractivity contribution in [2.75, 3.05) is 37.6 Å². The van der Waals surface area contributed by atoms with Gasteiger partial charge >= 0.3 is 0 Å². The molecule has 0 radical (unpaired) electrons. The highest BCUT2D eigenvalue weighted by Crippen LogP contribution is 2.29. The Bertz CT molecular complexity index is 1220. The summed E-state index contributed by atoms with van der Waals surface area (Å²) in [5, 5.41) is 5.31. The predicted molar refractivity (Wildman–Crippen MR) is 141 cm³/mol. The largest absolute Gasteiger partial charge is 0.490 e. The summed E-state index contributed by atoms with van der Waals surface area (Å²) in [6, 6.07) is 19.5. The molecule has 2 atom stereocenters. The van der Waals surface area contributed by atoms with Crippen LogP contribution in [0.15, 0.2) is 60.7 Å². The van der Waals surface area contributed by atoms with Crippen LogP contribution in [0.4, 0.5) is 10.1 Å². The van der Waals surface area contributed by atoms with Gasteiger partial charge in [-0.1, -0.05) is 24.3 Å². The molecule has 3 aromatic rings. The van der Waals surface area contributed by atoms with E-state index in [4.69, 9.17) is 4.74 Å². The third-order valence-electron chi connectivity index (χ3n) is 7.72. The molecule has 36 heavy (non-hydrogen) atoms. The molecule has 3 aromatic carbocycles. The van der Waals surface area contributed by atoms with Gasteiger partial charge in [-0.3, -0.25) is 4.79 Å². The van der Waals surface area contributed by atoms with E-state index >= 15 is 0 Å². The summed E-state index contributed by atoms with van der Waals surface area (Å²) in [5.74, 6) is 0.847. The molecule has 3 aliphatic rings. The summed E-state index contributed by atoms with van der Waals surface area (Å²) in [6.07, 6.45) is 5.62. The van der Waals surface area contributed by atoms with Gasteiger partial charge in [0.15, 0.2) is 0 Å². The smallest absolute Gasteiger partial charge is 0.225 e. The van der Waals surface area contributed by atoms with Crippen LogP contribution < -0.4 is 15.0 Å². The van der Waals surface area contributed by atoms with Gasteiger partial charge in [0.1, 0.15) is 11.6 Å². The first-order valence-electron chi connectivity index (χ1n) is 13.3. The van der Waals surface area contributed by atoms with Crippen LogP contribution in [0.2, 0.25) is 0 Å². The Hall–Kier alpha value is -3.12. The quantitative estimate of drug-likeness (QED) is 0.472. The maximum Gasteiger partial charge on any atom is 0.225 e. The molecule has 3 fully saturated rings. The van der Waals surface area contributed by atoms with Crippen LogP contribution in [0.25, 0.3) is 10.8 Å². The molecule has 6 heteroatoms. The fraction of sp³-hybridized carbons (Fsp3) is 0.433. The lowest BCUT2D eigenvalue weighted by molar-refractivity contribution is -0.125. The van der Waals surface area contributed by atoms with E-state index in [1.165, 1.54) is 18.1 Å². The van der Waals surface area contributed by atoms with E-state index in [-0.39, 0.29) is 23.7 Å². The van der Waals surface area contributed by atoms with Crippen LogP contribution in [-0.2, 0) is 11.2 Å². The van der Waals surface area contributed by atoms with Gasteiger partial charge in [0.25, 0.3) is 0 Å². The number of hydrogen-bond acceptors (Lipinski definition) is 4. The normalized spacial score (nSPS) is 20.8. The average molecular weight is 488 g/mol. The van der Waals surface area contributed by atoms with Crippen molar-refractivity contribution >= 4 is 22.4 Å². The highest BCUT2D eigenvalue weighted by atomic mass is 19.1. The Kier molecular flexibility index (Phi) is 6.53. The first-order chi connectivity index (χ1) is 17.6. The van der Waals surface area contributed by atoms with Crippen LogP contribution >= 0.6 is 0 Å². The number of halogens is 1. The number of benzene rings is 3. The minimum absolute atomic E-state index is 0.0258. The minimum Gasteiger partial charge on any atom is -0.490 e. The minimum atomic E-state index is -0.219. The molecule has 1 N–H and O–H groups in total. The van der Waals surface area contributed by atoms with Crippen molar-refractivity contribution in [2.24, 2.45) is 5.92 Å². The summed E-state index contributed by atoms with van der Waals surface area (Å²) in [4.78, 5) is 18.0. The van der Waals surface area contributed by atoms with Crippen molar-refractivity contribution < 1.29 is 13.9 Å². The molecule has 2 aliphatic heterocycles. The molecule has 2 saturated heterocycles. The molecule has 0 bridgehead atoms. The maximum absolute atomic E-state index is 13.5. The number of nitrogens with one attached hydrogen (secondary N) is 1. The number of anilines is 1. The lowest BCUT2D eigenvalue weighted by Crippen LogP contribution is -2.50. The van der Waals surface area contributed by atoms with Gasteiger partial charge < -0.3 is 19.9 Å². The fourth-order valence-electron chi connectivity index (χ4n) is 5.33. The van der Waals surface area contributed by atoms with E-state index in [0.717, 1.165) is 74.1 Å². The molecule has 2 unspecified atom stereocenters. The van der Waals surface area contributed by atoms with Crippen LogP contribution in [0.1, 0.15) is 31.2 Å². The third-order valence-corrected chi connectivity index (χ3v) is 7.72. The summed E-state index contributed by atoms with van der Waals surface area (Å²) in [7, 11) is 0. The molecule has 1 aliphatic carbocycles. The van der Waals surface area contributed by atoms with Gasteiger partial charge in [0.2, 0.25) is 5.91 Å². The first kappa shape index (κ1) is 23.3. The molecule has 0 spiro atoms. The second kappa shape index (κ2) is 10.1. The zero-order valence-corrected chi connectivity index (χ0v) is 20.7. The lowest BCUT2D eigenvalue weighted by atomic mass is 10.0. The van der Waals surface area contributed by atoms with E-state index in [9.17, 15) is 9.18 Å². The van der Waals surface area contributed by atoms with Crippen molar-refractivity contribution in [3.63, 3.8) is 0 Å². The van der Waals surface area contributed by atoms with Gasteiger partial charge in [-0.25, -0.2) is 4.39 Å². The number of likely N-dealkylation sites (tertiary alicyclic amines) is 1. The highest BCUT2D eigenvalue weighted by Gasteiger charge is 2.31. The van der Waals surface area contributed by atoms with E-state index in [2.05, 4.69) is 45.4 Å². The van der Waals surface area contributed by atoms with Crippen molar-refractivity contribution in [3.05, 3.63) is 72.0 Å². The SMILES string of the molecule is O=C(NC(Cc1ccc(OC2CC2)cc1)CN1CCC1)C1CCN(c2ccc3cc(F)ccc3c2)C1. The van der Waals surface area contributed by atoms with E-state index in [1.807, 2.05) is 18.2 Å². The molecule has 2 heterocycles. The fourth-order valence-corrected chi connectivity index (χ4v) is 5.33. The Labute approximate surface area is 212 Å². The molecule has 5 nitrogen and oxygen atoms in total. The summed E-state index contributed by atoms with van der Waals surface area (Å²) in [5.41, 5.74) is 2.32. The van der Waals surface area contributed by atoms with Crippen LogP contribution in [0.5, 0.6) is 5.75 Å². The van der Waals surface area contributed by atoms with E-state index in [1.54, 1.807) is 6.07 Å². The monoisotopic (exact) mass is 487 g/mol. The number of carbonyl (C=O) groups excluding carboxylic acids is 1. The Morgan fingerprint density at radius 3 is 2.50 bits per heavy atom. The van der Waals surface area contributed by atoms with Crippen molar-refractivity contribution in [1.29, 1.82) is 0 Å². The molecule has 6 rings (SSSR count). The Morgan fingerprint density at radius 1 is 0.972 bits per heavy atom. The number of carbonyl (C=O) groups is 1. The van der Waals surface area contributed by atoms with E-state index < -0.39 is 0 Å². The van der Waals surface area contributed by atoms with Gasteiger partial charge in [-0.2, -0.15) is 0 Å². The highest BCUT2D eigenvalue weighted by molar-refractivity contribution is 5.86. The lowest BCUT2D eigenvalue weighted by Gasteiger charge is -2.34. The van der Waals surface area contributed by atoms with Gasteiger partial charge in [0.05, 0.1) is 12.0 Å². The van der Waals surface area contributed by atoms with Gasteiger partial charge in [-0.05, 0) is 97.9 Å². The number of nitrogens with zero attached hydrogens (tertiary/aromatic N) is 2. The van der Waals surface area contributed by atoms with Crippen LogP contribution in [-0.4, -0.2) is 55.7 Å². The van der Waals surface area contributed by atoms with Gasteiger partial charge in [0, 0.05) is 31.4 Å². The van der Waals surface area contributed by atoms with Crippen LogP contribution in [0, 0.1) is 11.7 Å². The molecule has 188 valence electrons. The molecular weight excluding hydrogens is 453 g/mol. The number of fused-ring (bicyclic) bond motifs is 1. The number of hydrogen-bond donors (Lipinski definition) is 1. The Morgan fingerprint density at radius 2 is 1.75 bits per heavy atom. The summed E-state index contributed by atoms with van der Waals surface area (Å²) < 4.78 is 19.4. The van der Waals surface area contributed by atoms with Gasteiger partial charge in [-0.15, -0.1) is 0 Å². The maximum atomic E-state index is 13.5. The second-order valence-electron chi connectivity index (χ2n) is 10.6. The molecule has 1 saturated carbocycles. The topological polar surface area (TPSA) is 44.8 Å². The number of ether oxygens (including phenoxy) is 1. The third kappa shape index (κ3) is 5.49. The summed E-state index contributed by atoms with van der Waals surface area (Å²) in [6.45, 7) is 4.68. The Balaban J connectivity index is 1.08. The van der Waals surface area contributed by atoms with Crippen molar-refractivity contribution in [1.82, 2.24) is 10.2 Å². The zero-order chi connectivity index (χ0) is 24.5. The van der Waals surface area contributed by atoms with Crippen LogP contribution in [0.3, 0.4) is 0 Å². The standard InChI is InChI=1S/C30H34FN3O2/c31-25-6-4-23-18-27(7-5-22(23)17-25)34-15-12-24(19-34)30(35)32-26(20-33-13-1-14-33)16-21-2-8-28(9-3-21)36-29-10-11-29/h2-9,17-18,24,26,29H,1,10-16,19-20H2,(H,32,35). The van der Waals surface area contributed by atoms with Crippen molar-refractivity contribution in [3.8, 4) is 5.75 Å². The number of rotatable bonds is 9.